The van der Waals surface area contributed by atoms with E-state index >= 15 is 0 Å². The molecule has 0 amide bonds. The molecule has 0 aliphatic carbocycles. The third-order valence-electron chi connectivity index (χ3n) is 1.41. The van der Waals surface area contributed by atoms with E-state index < -0.39 is 16.8 Å². The number of hydrogen-bond acceptors (Lipinski definition) is 4. The first kappa shape index (κ1) is 14.2. The van der Waals surface area contributed by atoms with Gasteiger partial charge in [-0.3, -0.25) is 4.79 Å². The summed E-state index contributed by atoms with van der Waals surface area (Å²) in [7, 11) is 0. The summed E-state index contributed by atoms with van der Waals surface area (Å²) in [4.78, 5) is 21.6. The summed E-state index contributed by atoms with van der Waals surface area (Å²) < 4.78 is 9.63. The van der Waals surface area contributed by atoms with Crippen LogP contribution >= 0.6 is 15.9 Å². The Bertz CT molecular complexity index is 250. The molecule has 0 spiro atoms. The number of hydrogen-bond donors (Lipinski definition) is 0. The van der Waals surface area contributed by atoms with Gasteiger partial charge in [-0.15, -0.1) is 0 Å². The zero-order valence-corrected chi connectivity index (χ0v) is 10.5. The van der Waals surface area contributed by atoms with Crippen molar-refractivity contribution in [2.75, 3.05) is 13.2 Å². The smallest absolute Gasteiger partial charge is 0.333 e. The first-order chi connectivity index (χ1) is 6.99. The molecule has 0 aromatic heterocycles. The number of ether oxygens (including phenoxy) is 2. The number of carbonyl (C=O) groups is 2. The van der Waals surface area contributed by atoms with Gasteiger partial charge in [0.25, 0.3) is 0 Å². The normalized spacial score (nSPS) is 11.7. The van der Waals surface area contributed by atoms with Gasteiger partial charge in [0.2, 0.25) is 0 Å². The molecular weight excluding hydrogens is 264 g/mol. The zero-order valence-electron chi connectivity index (χ0n) is 8.92. The molecule has 0 N–H and O–H groups in total. The van der Waals surface area contributed by atoms with Gasteiger partial charge < -0.3 is 9.47 Å². The fourth-order valence-corrected chi connectivity index (χ4v) is 0.898. The van der Waals surface area contributed by atoms with Crippen LogP contribution in [0.15, 0.2) is 12.2 Å². The molecule has 0 bridgehead atoms. The second kappa shape index (κ2) is 7.45. The molecule has 86 valence electrons. The summed E-state index contributed by atoms with van der Waals surface area (Å²) in [6.45, 7) is 7.19. The molecule has 0 aliphatic heterocycles. The lowest BCUT2D eigenvalue weighted by Gasteiger charge is -2.10. The van der Waals surface area contributed by atoms with Crippen molar-refractivity contribution in [1.82, 2.24) is 0 Å². The maximum absolute atomic E-state index is 11.2. The van der Waals surface area contributed by atoms with Crippen molar-refractivity contribution in [3.63, 3.8) is 0 Å². The SMILES string of the molecule is C=C(C)C(=O)OCC(Br)C(=O)OCCC. The summed E-state index contributed by atoms with van der Waals surface area (Å²) in [5, 5.41) is 0. The lowest BCUT2D eigenvalue weighted by atomic mass is 10.3. The van der Waals surface area contributed by atoms with Crippen LogP contribution in [0.5, 0.6) is 0 Å². The maximum atomic E-state index is 11.2. The highest BCUT2D eigenvalue weighted by Gasteiger charge is 2.18. The molecule has 0 saturated carbocycles. The van der Waals surface area contributed by atoms with Gasteiger partial charge >= 0.3 is 11.9 Å². The van der Waals surface area contributed by atoms with Crippen molar-refractivity contribution in [3.8, 4) is 0 Å². The van der Waals surface area contributed by atoms with E-state index in [-0.39, 0.29) is 6.61 Å². The highest BCUT2D eigenvalue weighted by Crippen LogP contribution is 2.05. The first-order valence-corrected chi connectivity index (χ1v) is 5.54. The molecule has 0 saturated heterocycles. The summed E-state index contributed by atoms with van der Waals surface area (Å²) in [5.74, 6) is -0.936. The van der Waals surface area contributed by atoms with Crippen LogP contribution in [0.2, 0.25) is 0 Å². The van der Waals surface area contributed by atoms with Crippen molar-refractivity contribution in [3.05, 3.63) is 12.2 Å². The van der Waals surface area contributed by atoms with E-state index in [1.807, 2.05) is 6.92 Å². The average molecular weight is 279 g/mol. The van der Waals surface area contributed by atoms with Gasteiger partial charge in [-0.05, 0) is 13.3 Å². The van der Waals surface area contributed by atoms with Crippen molar-refractivity contribution in [2.24, 2.45) is 0 Å². The minimum Gasteiger partial charge on any atom is -0.465 e. The van der Waals surface area contributed by atoms with Crippen LogP contribution in [0, 0.1) is 0 Å². The molecule has 5 heteroatoms. The molecule has 1 atom stereocenters. The van der Waals surface area contributed by atoms with Gasteiger partial charge in [-0.25, -0.2) is 4.79 Å². The molecule has 0 rings (SSSR count). The third kappa shape index (κ3) is 6.28. The molecule has 0 aliphatic rings. The third-order valence-corrected chi connectivity index (χ3v) is 2.05. The van der Waals surface area contributed by atoms with Crippen molar-refractivity contribution < 1.29 is 19.1 Å². The molecule has 0 heterocycles. The highest BCUT2D eigenvalue weighted by atomic mass is 79.9. The lowest BCUT2D eigenvalue weighted by molar-refractivity contribution is -0.146. The Hall–Kier alpha value is -0.840. The summed E-state index contributed by atoms with van der Waals surface area (Å²) in [6.07, 6.45) is 0.761. The second-order valence-corrected chi connectivity index (χ2v) is 4.12. The quantitative estimate of drug-likeness (QED) is 0.423. The van der Waals surface area contributed by atoms with E-state index in [0.29, 0.717) is 12.2 Å². The highest BCUT2D eigenvalue weighted by molar-refractivity contribution is 9.10. The van der Waals surface area contributed by atoms with E-state index in [4.69, 9.17) is 9.47 Å². The van der Waals surface area contributed by atoms with E-state index in [1.165, 1.54) is 0 Å². The number of alkyl halides is 1. The fraction of sp³-hybridized carbons (Fsp3) is 0.600. The van der Waals surface area contributed by atoms with E-state index in [2.05, 4.69) is 22.5 Å². The van der Waals surface area contributed by atoms with Crippen LogP contribution in [-0.2, 0) is 19.1 Å². The Labute approximate surface area is 97.8 Å². The van der Waals surface area contributed by atoms with Crippen LogP contribution in [0.1, 0.15) is 20.3 Å². The van der Waals surface area contributed by atoms with Crippen LogP contribution in [-0.4, -0.2) is 30.0 Å². The molecular formula is C10H15BrO4. The van der Waals surface area contributed by atoms with E-state index in [0.717, 1.165) is 6.42 Å². The summed E-state index contributed by atoms with van der Waals surface area (Å²) >= 11 is 3.07. The van der Waals surface area contributed by atoms with Gasteiger partial charge in [0, 0.05) is 5.57 Å². The molecule has 1 unspecified atom stereocenters. The summed E-state index contributed by atoms with van der Waals surface area (Å²) in [6, 6.07) is 0. The summed E-state index contributed by atoms with van der Waals surface area (Å²) in [5.41, 5.74) is 0.302. The molecule has 4 nitrogen and oxygen atoms in total. The number of rotatable bonds is 6. The van der Waals surface area contributed by atoms with Gasteiger partial charge in [-0.2, -0.15) is 0 Å². The predicted octanol–water partition coefficient (Wildman–Crippen LogP) is 1.82. The number of halogens is 1. The molecule has 0 radical (unpaired) electrons. The topological polar surface area (TPSA) is 52.6 Å². The molecule has 0 aromatic carbocycles. The Morgan fingerprint density at radius 2 is 2.00 bits per heavy atom. The Kier molecular flexibility index (Phi) is 7.03. The van der Waals surface area contributed by atoms with Crippen LogP contribution in [0.25, 0.3) is 0 Å². The largest absolute Gasteiger partial charge is 0.465 e. The molecule has 0 fully saturated rings. The lowest BCUT2D eigenvalue weighted by Crippen LogP contribution is -2.24. The zero-order chi connectivity index (χ0) is 11.8. The maximum Gasteiger partial charge on any atom is 0.333 e. The van der Waals surface area contributed by atoms with Crippen molar-refractivity contribution in [2.45, 2.75) is 25.1 Å². The van der Waals surface area contributed by atoms with Crippen molar-refractivity contribution >= 4 is 27.9 Å². The van der Waals surface area contributed by atoms with E-state index in [9.17, 15) is 9.59 Å². The minimum absolute atomic E-state index is 0.0474. The average Bonchev–Trinajstić information content (AvgIpc) is 2.21. The van der Waals surface area contributed by atoms with Crippen LogP contribution in [0.3, 0.4) is 0 Å². The standard InChI is InChI=1S/C10H15BrO4/c1-4-5-14-10(13)8(11)6-15-9(12)7(2)3/h8H,2,4-6H2,1,3H3. The fourth-order valence-electron chi connectivity index (χ4n) is 0.633. The Balaban J connectivity index is 3.82. The van der Waals surface area contributed by atoms with Crippen LogP contribution in [0.4, 0.5) is 0 Å². The minimum atomic E-state index is -0.618. The van der Waals surface area contributed by atoms with Gasteiger partial charge in [0.1, 0.15) is 11.4 Å². The van der Waals surface area contributed by atoms with Gasteiger partial charge in [-0.1, -0.05) is 29.4 Å². The Morgan fingerprint density at radius 3 is 2.47 bits per heavy atom. The monoisotopic (exact) mass is 278 g/mol. The molecule has 0 aromatic rings. The number of esters is 2. The van der Waals surface area contributed by atoms with Crippen LogP contribution < -0.4 is 0 Å². The second-order valence-electron chi connectivity index (χ2n) is 3.01. The van der Waals surface area contributed by atoms with Crippen molar-refractivity contribution in [1.29, 1.82) is 0 Å². The van der Waals surface area contributed by atoms with Gasteiger partial charge in [0.15, 0.2) is 0 Å². The first-order valence-electron chi connectivity index (χ1n) is 4.62. The molecule has 15 heavy (non-hydrogen) atoms. The van der Waals surface area contributed by atoms with Gasteiger partial charge in [0.05, 0.1) is 6.61 Å². The predicted molar refractivity (Wildman–Crippen MR) is 59.7 cm³/mol. The van der Waals surface area contributed by atoms with E-state index in [1.54, 1.807) is 6.92 Å². The number of carbonyl (C=O) groups excluding carboxylic acids is 2. The Morgan fingerprint density at radius 1 is 1.40 bits per heavy atom.